The number of nitrogens with one attached hydrogen (secondary N) is 2. The van der Waals surface area contributed by atoms with E-state index in [9.17, 15) is 14.4 Å². The van der Waals surface area contributed by atoms with Crippen LogP contribution in [-0.2, 0) is 4.74 Å². The summed E-state index contributed by atoms with van der Waals surface area (Å²) in [6.07, 6.45) is -0.472. The Morgan fingerprint density at radius 1 is 0.964 bits per heavy atom. The zero-order valence-electron chi connectivity index (χ0n) is 16.4. The smallest absolute Gasteiger partial charge is 0.407 e. The highest BCUT2D eigenvalue weighted by Crippen LogP contribution is 2.29. The third-order valence-electron chi connectivity index (χ3n) is 4.34. The standard InChI is InChI=1S/C21H25N3O4/c1-21(2,3)28-20(27)23-11-10-22-12-13-24-18(25)15-8-4-6-14-7-5-9-16(17(14)15)19(24)26/h4-9,22H,10-13H2,1-3H3,(H,23,27). The van der Waals surface area contributed by atoms with Gasteiger partial charge in [0.15, 0.2) is 0 Å². The van der Waals surface area contributed by atoms with Crippen LogP contribution in [-0.4, -0.2) is 54.6 Å². The fraction of sp³-hybridized carbons (Fsp3) is 0.381. The minimum Gasteiger partial charge on any atom is -0.444 e. The Hall–Kier alpha value is -2.93. The maximum absolute atomic E-state index is 12.8. The average Bonchev–Trinajstić information content (AvgIpc) is 2.63. The number of ether oxygens (including phenoxy) is 1. The molecule has 3 rings (SSSR count). The molecular formula is C21H25N3O4. The number of carbonyl (C=O) groups excluding carboxylic acids is 3. The topological polar surface area (TPSA) is 87.7 Å². The van der Waals surface area contributed by atoms with Gasteiger partial charge in [0.2, 0.25) is 0 Å². The number of nitrogens with zero attached hydrogens (tertiary/aromatic N) is 1. The molecule has 2 N–H and O–H groups in total. The van der Waals surface area contributed by atoms with Crippen LogP contribution in [0.5, 0.6) is 0 Å². The lowest BCUT2D eigenvalue weighted by Gasteiger charge is -2.27. The lowest BCUT2D eigenvalue weighted by Crippen LogP contribution is -2.44. The van der Waals surface area contributed by atoms with Crippen LogP contribution in [0.3, 0.4) is 0 Å². The Labute approximate surface area is 164 Å². The zero-order valence-corrected chi connectivity index (χ0v) is 16.4. The van der Waals surface area contributed by atoms with Crippen LogP contribution in [0, 0.1) is 0 Å². The highest BCUT2D eigenvalue weighted by Gasteiger charge is 2.32. The van der Waals surface area contributed by atoms with Crippen molar-refractivity contribution in [2.24, 2.45) is 0 Å². The Morgan fingerprint density at radius 3 is 2.14 bits per heavy atom. The van der Waals surface area contributed by atoms with Gasteiger partial charge in [-0.15, -0.1) is 0 Å². The minimum absolute atomic E-state index is 0.259. The summed E-state index contributed by atoms with van der Waals surface area (Å²) in [4.78, 5) is 38.4. The van der Waals surface area contributed by atoms with Crippen LogP contribution < -0.4 is 10.6 Å². The predicted molar refractivity (Wildman–Crippen MR) is 106 cm³/mol. The summed E-state index contributed by atoms with van der Waals surface area (Å²) in [5.74, 6) is -0.550. The normalized spacial score (nSPS) is 13.8. The van der Waals surface area contributed by atoms with Crippen molar-refractivity contribution in [3.05, 3.63) is 47.5 Å². The second-order valence-electron chi connectivity index (χ2n) is 7.65. The van der Waals surface area contributed by atoms with Crippen molar-refractivity contribution in [2.45, 2.75) is 26.4 Å². The van der Waals surface area contributed by atoms with Gasteiger partial charge in [-0.25, -0.2) is 4.79 Å². The Kier molecular flexibility index (Phi) is 5.65. The van der Waals surface area contributed by atoms with Gasteiger partial charge in [0.25, 0.3) is 11.8 Å². The van der Waals surface area contributed by atoms with E-state index in [-0.39, 0.29) is 18.4 Å². The molecule has 0 fully saturated rings. The molecule has 1 aliphatic rings. The van der Waals surface area contributed by atoms with Crippen LogP contribution in [0.2, 0.25) is 0 Å². The van der Waals surface area contributed by atoms with Gasteiger partial charge in [-0.05, 0) is 38.3 Å². The van der Waals surface area contributed by atoms with E-state index in [4.69, 9.17) is 4.74 Å². The second-order valence-corrected chi connectivity index (χ2v) is 7.65. The van der Waals surface area contributed by atoms with E-state index >= 15 is 0 Å². The molecule has 2 aromatic rings. The van der Waals surface area contributed by atoms with E-state index < -0.39 is 11.7 Å². The van der Waals surface area contributed by atoms with Gasteiger partial charge < -0.3 is 15.4 Å². The van der Waals surface area contributed by atoms with E-state index in [1.165, 1.54) is 4.90 Å². The van der Waals surface area contributed by atoms with Crippen LogP contribution >= 0.6 is 0 Å². The number of hydrogen-bond acceptors (Lipinski definition) is 5. The average molecular weight is 383 g/mol. The van der Waals surface area contributed by atoms with Crippen molar-refractivity contribution in [1.29, 1.82) is 0 Å². The van der Waals surface area contributed by atoms with Crippen molar-refractivity contribution in [2.75, 3.05) is 26.2 Å². The molecule has 3 amide bonds. The van der Waals surface area contributed by atoms with E-state index in [0.717, 1.165) is 10.8 Å². The van der Waals surface area contributed by atoms with Crippen LogP contribution in [0.15, 0.2) is 36.4 Å². The highest BCUT2D eigenvalue weighted by atomic mass is 16.6. The summed E-state index contributed by atoms with van der Waals surface area (Å²) in [7, 11) is 0. The molecule has 0 atom stereocenters. The first kappa shape index (κ1) is 19.8. The zero-order chi connectivity index (χ0) is 20.3. The molecule has 2 aromatic carbocycles. The number of rotatable bonds is 6. The number of benzene rings is 2. The molecular weight excluding hydrogens is 358 g/mol. The SMILES string of the molecule is CC(C)(C)OC(=O)NCCNCCN1C(=O)c2cccc3cccc(c23)C1=O. The van der Waals surface area contributed by atoms with Crippen LogP contribution in [0.25, 0.3) is 10.8 Å². The summed E-state index contributed by atoms with van der Waals surface area (Å²) >= 11 is 0. The maximum atomic E-state index is 12.8. The molecule has 1 heterocycles. The first-order valence-corrected chi connectivity index (χ1v) is 9.33. The summed E-state index contributed by atoms with van der Waals surface area (Å²) in [5.41, 5.74) is 0.574. The fourth-order valence-corrected chi connectivity index (χ4v) is 3.17. The first-order chi connectivity index (χ1) is 13.3. The lowest BCUT2D eigenvalue weighted by molar-refractivity contribution is 0.0528. The molecule has 0 aromatic heterocycles. The molecule has 0 aliphatic carbocycles. The Bertz CT molecular complexity index is 867. The van der Waals surface area contributed by atoms with Gasteiger partial charge in [-0.2, -0.15) is 0 Å². The molecule has 7 heteroatoms. The Balaban J connectivity index is 1.52. The number of hydrogen-bond donors (Lipinski definition) is 2. The van der Waals surface area contributed by atoms with Gasteiger partial charge >= 0.3 is 6.09 Å². The Morgan fingerprint density at radius 2 is 1.57 bits per heavy atom. The number of carbonyl (C=O) groups is 3. The number of alkyl carbamates (subject to hydrolysis) is 1. The quantitative estimate of drug-likeness (QED) is 0.591. The van der Waals surface area contributed by atoms with Crippen molar-refractivity contribution in [3.63, 3.8) is 0 Å². The van der Waals surface area contributed by atoms with Gasteiger partial charge in [0.05, 0.1) is 0 Å². The molecule has 0 bridgehead atoms. The van der Waals surface area contributed by atoms with Gasteiger partial charge in [-0.1, -0.05) is 24.3 Å². The molecule has 0 saturated carbocycles. The molecule has 7 nitrogen and oxygen atoms in total. The summed E-state index contributed by atoms with van der Waals surface area (Å²) < 4.78 is 5.15. The summed E-state index contributed by atoms with van der Waals surface area (Å²) in [5, 5.41) is 7.39. The van der Waals surface area contributed by atoms with Crippen molar-refractivity contribution in [3.8, 4) is 0 Å². The molecule has 1 aliphatic heterocycles. The number of amides is 3. The van der Waals surface area contributed by atoms with Gasteiger partial charge in [-0.3, -0.25) is 14.5 Å². The monoisotopic (exact) mass is 383 g/mol. The van der Waals surface area contributed by atoms with E-state index in [1.54, 1.807) is 32.9 Å². The van der Waals surface area contributed by atoms with Crippen LogP contribution in [0.4, 0.5) is 4.79 Å². The van der Waals surface area contributed by atoms with Gasteiger partial charge in [0, 0.05) is 42.7 Å². The minimum atomic E-state index is -0.536. The van der Waals surface area contributed by atoms with Crippen molar-refractivity contribution in [1.82, 2.24) is 15.5 Å². The molecule has 0 radical (unpaired) electrons. The molecule has 0 unspecified atom stereocenters. The van der Waals surface area contributed by atoms with Crippen molar-refractivity contribution >= 4 is 28.7 Å². The summed E-state index contributed by atoms with van der Waals surface area (Å²) in [6.45, 7) is 6.99. The van der Waals surface area contributed by atoms with Gasteiger partial charge in [0.1, 0.15) is 5.60 Å². The second kappa shape index (κ2) is 7.98. The third kappa shape index (κ3) is 4.31. The highest BCUT2D eigenvalue weighted by molar-refractivity contribution is 6.25. The number of imide groups is 1. The van der Waals surface area contributed by atoms with Crippen molar-refractivity contribution < 1.29 is 19.1 Å². The maximum Gasteiger partial charge on any atom is 0.407 e. The van der Waals surface area contributed by atoms with E-state index in [1.807, 2.05) is 24.3 Å². The largest absolute Gasteiger partial charge is 0.444 e. The summed E-state index contributed by atoms with van der Waals surface area (Å²) in [6, 6.07) is 11.0. The lowest BCUT2D eigenvalue weighted by atomic mass is 9.94. The molecule has 28 heavy (non-hydrogen) atoms. The molecule has 0 saturated heterocycles. The third-order valence-corrected chi connectivity index (χ3v) is 4.34. The predicted octanol–water partition coefficient (Wildman–Crippen LogP) is 2.55. The van der Waals surface area contributed by atoms with E-state index in [0.29, 0.717) is 30.8 Å². The molecule has 148 valence electrons. The van der Waals surface area contributed by atoms with Crippen LogP contribution in [0.1, 0.15) is 41.5 Å². The fourth-order valence-electron chi connectivity index (χ4n) is 3.17. The van der Waals surface area contributed by atoms with E-state index in [2.05, 4.69) is 10.6 Å². The molecule has 0 spiro atoms. The first-order valence-electron chi connectivity index (χ1n) is 9.33.